The lowest BCUT2D eigenvalue weighted by atomic mass is 10.2. The van der Waals surface area contributed by atoms with Gasteiger partial charge in [-0.25, -0.2) is 0 Å². The molecular weight excluding hydrogens is 208 g/mol. The molecule has 6 nitrogen and oxygen atoms in total. The van der Waals surface area contributed by atoms with Gasteiger partial charge in [0, 0.05) is 19.2 Å². The molecule has 0 radical (unpaired) electrons. The summed E-state index contributed by atoms with van der Waals surface area (Å²) in [6, 6.07) is 5.36. The van der Waals surface area contributed by atoms with Gasteiger partial charge in [0.05, 0.1) is 6.20 Å². The quantitative estimate of drug-likeness (QED) is 0.565. The highest BCUT2D eigenvalue weighted by atomic mass is 16.6. The van der Waals surface area contributed by atoms with Gasteiger partial charge in [0.2, 0.25) is 11.5 Å². The molecule has 82 valence electrons. The number of rotatable bonds is 2. The van der Waals surface area contributed by atoms with Gasteiger partial charge >= 0.3 is 5.82 Å². The highest BCUT2D eigenvalue weighted by Crippen LogP contribution is 2.31. The molecule has 0 saturated carbocycles. The number of nitrogens with zero attached hydrogens (tertiary/aromatic N) is 4. The van der Waals surface area contributed by atoms with Gasteiger partial charge in [-0.2, -0.15) is 9.38 Å². The first kappa shape index (κ1) is 9.14. The van der Waals surface area contributed by atoms with Crippen LogP contribution in [0.2, 0.25) is 0 Å². The van der Waals surface area contributed by atoms with Crippen molar-refractivity contribution in [3.05, 3.63) is 34.5 Å². The molecule has 0 amide bonds. The van der Waals surface area contributed by atoms with Gasteiger partial charge in [0.1, 0.15) is 0 Å². The number of aromatic nitrogens is 2. The van der Waals surface area contributed by atoms with Crippen molar-refractivity contribution in [3.8, 4) is 0 Å². The first-order valence-electron chi connectivity index (χ1n) is 5.14. The summed E-state index contributed by atoms with van der Waals surface area (Å²) < 4.78 is 1.52. The maximum absolute atomic E-state index is 11.1. The van der Waals surface area contributed by atoms with Crippen LogP contribution in [0.1, 0.15) is 6.42 Å². The Morgan fingerprint density at radius 2 is 2.19 bits per heavy atom. The molecule has 1 aliphatic rings. The van der Waals surface area contributed by atoms with Crippen molar-refractivity contribution in [1.82, 2.24) is 9.38 Å². The zero-order valence-corrected chi connectivity index (χ0v) is 8.54. The number of anilines is 1. The van der Waals surface area contributed by atoms with Crippen LogP contribution >= 0.6 is 0 Å². The summed E-state index contributed by atoms with van der Waals surface area (Å²) in [7, 11) is 0. The lowest BCUT2D eigenvalue weighted by molar-refractivity contribution is -0.389. The predicted molar refractivity (Wildman–Crippen MR) is 58.7 cm³/mol. The Kier molecular flexibility index (Phi) is 1.82. The Hall–Kier alpha value is -2.11. The molecule has 0 bridgehead atoms. The molecule has 1 fully saturated rings. The second-order valence-electron chi connectivity index (χ2n) is 3.79. The van der Waals surface area contributed by atoms with Crippen LogP contribution in [0.5, 0.6) is 0 Å². The first-order valence-corrected chi connectivity index (χ1v) is 5.14. The van der Waals surface area contributed by atoms with Crippen LogP contribution in [-0.2, 0) is 0 Å². The molecule has 0 atom stereocenters. The third kappa shape index (κ3) is 1.16. The topological polar surface area (TPSA) is 63.7 Å². The summed E-state index contributed by atoms with van der Waals surface area (Å²) >= 11 is 0. The maximum Gasteiger partial charge on any atom is 0.372 e. The predicted octanol–water partition coefficient (Wildman–Crippen LogP) is 1.45. The van der Waals surface area contributed by atoms with Crippen molar-refractivity contribution in [3.63, 3.8) is 0 Å². The number of imidazole rings is 1. The molecule has 0 unspecified atom stereocenters. The van der Waals surface area contributed by atoms with E-state index in [2.05, 4.69) is 4.98 Å². The van der Waals surface area contributed by atoms with Crippen LogP contribution < -0.4 is 4.90 Å². The average Bonchev–Trinajstić information content (AvgIpc) is 2.53. The van der Waals surface area contributed by atoms with Crippen molar-refractivity contribution >= 4 is 17.3 Å². The summed E-state index contributed by atoms with van der Waals surface area (Å²) in [5.74, 6) is 0.553. The van der Waals surface area contributed by atoms with E-state index >= 15 is 0 Å². The van der Waals surface area contributed by atoms with Crippen LogP contribution in [0.4, 0.5) is 11.6 Å². The monoisotopic (exact) mass is 218 g/mol. The summed E-state index contributed by atoms with van der Waals surface area (Å²) in [5, 5.41) is 11.1. The second kappa shape index (κ2) is 3.19. The fraction of sp³-hybridized carbons (Fsp3) is 0.300. The smallest absolute Gasteiger partial charge is 0.358 e. The molecule has 16 heavy (non-hydrogen) atoms. The molecule has 0 aliphatic carbocycles. The van der Waals surface area contributed by atoms with Crippen LogP contribution in [0.3, 0.4) is 0 Å². The van der Waals surface area contributed by atoms with E-state index in [0.717, 1.165) is 19.5 Å². The third-order valence-corrected chi connectivity index (χ3v) is 2.82. The van der Waals surface area contributed by atoms with Crippen molar-refractivity contribution in [2.45, 2.75) is 6.42 Å². The van der Waals surface area contributed by atoms with E-state index in [0.29, 0.717) is 11.5 Å². The molecule has 0 spiro atoms. The zero-order chi connectivity index (χ0) is 11.1. The van der Waals surface area contributed by atoms with E-state index in [1.165, 1.54) is 4.40 Å². The molecule has 0 N–H and O–H groups in total. The molecular formula is C10H10N4O2. The number of fused-ring (bicyclic) bond motifs is 1. The van der Waals surface area contributed by atoms with Gasteiger partial charge in [-0.1, -0.05) is 6.07 Å². The lowest BCUT2D eigenvalue weighted by Crippen LogP contribution is -2.37. The van der Waals surface area contributed by atoms with Gasteiger partial charge in [-0.3, -0.25) is 0 Å². The molecule has 3 heterocycles. The van der Waals surface area contributed by atoms with E-state index in [-0.39, 0.29) is 10.7 Å². The van der Waals surface area contributed by atoms with Crippen molar-refractivity contribution in [1.29, 1.82) is 0 Å². The summed E-state index contributed by atoms with van der Waals surface area (Å²) in [5.41, 5.74) is 0.621. The number of nitro groups is 1. The van der Waals surface area contributed by atoms with E-state index in [1.54, 1.807) is 18.3 Å². The Morgan fingerprint density at radius 1 is 1.38 bits per heavy atom. The van der Waals surface area contributed by atoms with Crippen LogP contribution in [0.15, 0.2) is 24.4 Å². The van der Waals surface area contributed by atoms with Gasteiger partial charge in [-0.15, -0.1) is 0 Å². The minimum absolute atomic E-state index is 0.0651. The maximum atomic E-state index is 11.1. The van der Waals surface area contributed by atoms with Crippen molar-refractivity contribution < 1.29 is 4.92 Å². The van der Waals surface area contributed by atoms with E-state index in [9.17, 15) is 10.1 Å². The minimum atomic E-state index is -0.367. The highest BCUT2D eigenvalue weighted by molar-refractivity contribution is 5.64. The number of hydrogen-bond donors (Lipinski definition) is 0. The van der Waals surface area contributed by atoms with Gasteiger partial charge < -0.3 is 15.0 Å². The third-order valence-electron chi connectivity index (χ3n) is 2.82. The molecule has 2 aromatic heterocycles. The Balaban J connectivity index is 2.25. The standard InChI is InChI=1S/C10H10N4O2/c15-14(16)10-9(12-5-3-6-12)11-8-4-1-2-7-13(8)10/h1-2,4,7H,3,5-6H2. The molecule has 3 rings (SSSR count). The average molecular weight is 218 g/mol. The molecule has 2 aromatic rings. The molecule has 0 aromatic carbocycles. The Labute approximate surface area is 91.3 Å². The van der Waals surface area contributed by atoms with Crippen molar-refractivity contribution in [2.24, 2.45) is 0 Å². The highest BCUT2D eigenvalue weighted by Gasteiger charge is 2.29. The summed E-state index contributed by atoms with van der Waals surface area (Å²) in [4.78, 5) is 16.9. The van der Waals surface area contributed by atoms with Crippen LogP contribution in [0.25, 0.3) is 5.65 Å². The van der Waals surface area contributed by atoms with E-state index < -0.39 is 0 Å². The van der Waals surface area contributed by atoms with Gasteiger partial charge in [0.15, 0.2) is 0 Å². The Morgan fingerprint density at radius 3 is 2.81 bits per heavy atom. The molecule has 6 heteroatoms. The summed E-state index contributed by atoms with van der Waals surface area (Å²) in [6.45, 7) is 1.70. The fourth-order valence-corrected chi connectivity index (χ4v) is 1.88. The van der Waals surface area contributed by atoms with Gasteiger partial charge in [0.25, 0.3) is 0 Å². The molecule has 1 aliphatic heterocycles. The molecule has 1 saturated heterocycles. The zero-order valence-electron chi connectivity index (χ0n) is 8.54. The van der Waals surface area contributed by atoms with E-state index in [4.69, 9.17) is 0 Å². The lowest BCUT2D eigenvalue weighted by Gasteiger charge is -2.30. The normalized spacial score (nSPS) is 15.1. The summed E-state index contributed by atoms with van der Waals surface area (Å²) in [6.07, 6.45) is 2.74. The van der Waals surface area contributed by atoms with Gasteiger partial charge in [-0.05, 0) is 17.4 Å². The number of hydrogen-bond acceptors (Lipinski definition) is 4. The van der Waals surface area contributed by atoms with Crippen LogP contribution in [0, 0.1) is 10.1 Å². The van der Waals surface area contributed by atoms with Crippen molar-refractivity contribution in [2.75, 3.05) is 18.0 Å². The second-order valence-corrected chi connectivity index (χ2v) is 3.79. The minimum Gasteiger partial charge on any atom is -0.358 e. The number of pyridine rings is 1. The Bertz CT molecular complexity index is 559. The fourth-order valence-electron chi connectivity index (χ4n) is 1.88. The van der Waals surface area contributed by atoms with E-state index in [1.807, 2.05) is 11.0 Å². The largest absolute Gasteiger partial charge is 0.372 e. The first-order chi connectivity index (χ1) is 7.77. The van der Waals surface area contributed by atoms with Crippen LogP contribution in [-0.4, -0.2) is 27.4 Å². The SMILES string of the molecule is O=[N+]([O-])c1c(N2CCC2)nc2ccccn12.